The number of benzene rings is 1. The number of carbonyl (C=O) groups excluding carboxylic acids is 2. The lowest BCUT2D eigenvalue weighted by Crippen LogP contribution is -2.47. The van der Waals surface area contributed by atoms with E-state index in [1.807, 2.05) is 0 Å². The van der Waals surface area contributed by atoms with Crippen molar-refractivity contribution < 1.29 is 24.2 Å². The Labute approximate surface area is 128 Å². The van der Waals surface area contributed by atoms with Gasteiger partial charge < -0.3 is 10.2 Å². The zero-order chi connectivity index (χ0) is 16.7. The molecule has 0 spiro atoms. The van der Waals surface area contributed by atoms with Gasteiger partial charge in [0.05, 0.1) is 11.5 Å². The molecule has 0 fully saturated rings. The van der Waals surface area contributed by atoms with Crippen molar-refractivity contribution in [2.45, 2.75) is 38.7 Å². The lowest BCUT2D eigenvalue weighted by molar-refractivity contribution is -0.132. The summed E-state index contributed by atoms with van der Waals surface area (Å²) < 4.78 is 13.6. The van der Waals surface area contributed by atoms with Crippen LogP contribution in [0.3, 0.4) is 0 Å². The van der Waals surface area contributed by atoms with Crippen LogP contribution in [0.25, 0.3) is 0 Å². The normalized spacial score (nSPS) is 28.6. The van der Waals surface area contributed by atoms with Crippen LogP contribution >= 0.6 is 0 Å². The minimum Gasteiger partial charge on any atom is -0.512 e. The average Bonchev–Trinajstić information content (AvgIpc) is 2.35. The lowest BCUT2D eigenvalue weighted by Gasteiger charge is -2.41. The second-order valence-electron chi connectivity index (χ2n) is 6.07. The number of aliphatic hydroxyl groups is 2. The number of halogens is 1. The van der Waals surface area contributed by atoms with Crippen LogP contribution in [0.4, 0.5) is 4.39 Å². The molecule has 2 N–H and O–H groups in total. The smallest absolute Gasteiger partial charge is 0.159 e. The molecule has 0 unspecified atom stereocenters. The highest BCUT2D eigenvalue weighted by molar-refractivity contribution is 5.97. The number of carbonyl (C=O) groups is 2. The second-order valence-corrected chi connectivity index (χ2v) is 6.07. The molecule has 0 saturated carbocycles. The van der Waals surface area contributed by atoms with Crippen molar-refractivity contribution >= 4 is 11.6 Å². The van der Waals surface area contributed by atoms with Gasteiger partial charge in [0.1, 0.15) is 17.4 Å². The lowest BCUT2D eigenvalue weighted by atomic mass is 9.64. The molecule has 5 heteroatoms. The van der Waals surface area contributed by atoms with E-state index in [0.717, 1.165) is 0 Å². The predicted octanol–water partition coefficient (Wildman–Crippen LogP) is 2.67. The number of hydrogen-bond acceptors (Lipinski definition) is 4. The van der Waals surface area contributed by atoms with Crippen LogP contribution in [0.15, 0.2) is 35.6 Å². The fourth-order valence-corrected chi connectivity index (χ4v) is 3.40. The summed E-state index contributed by atoms with van der Waals surface area (Å²) >= 11 is 0. The quantitative estimate of drug-likeness (QED) is 0.900. The molecule has 1 aromatic carbocycles. The molecule has 0 bridgehead atoms. The van der Waals surface area contributed by atoms with Gasteiger partial charge in [0.25, 0.3) is 0 Å². The molecule has 118 valence electrons. The van der Waals surface area contributed by atoms with Gasteiger partial charge in [-0.2, -0.15) is 0 Å². The molecule has 0 aromatic heterocycles. The van der Waals surface area contributed by atoms with E-state index < -0.39 is 29.0 Å². The highest BCUT2D eigenvalue weighted by atomic mass is 19.1. The second kappa shape index (κ2) is 5.65. The summed E-state index contributed by atoms with van der Waals surface area (Å²) in [4.78, 5) is 24.0. The Morgan fingerprint density at radius 1 is 1.32 bits per heavy atom. The number of ketones is 2. The molecule has 1 aromatic rings. The third-order valence-electron chi connectivity index (χ3n) is 4.18. The summed E-state index contributed by atoms with van der Waals surface area (Å²) in [6.45, 7) is 4.05. The Balaban J connectivity index is 2.72. The molecular weight excluding hydrogens is 287 g/mol. The number of hydrogen-bond donors (Lipinski definition) is 2. The molecule has 1 aliphatic carbocycles. The van der Waals surface area contributed by atoms with E-state index in [1.165, 1.54) is 39.0 Å². The minimum absolute atomic E-state index is 0.0670. The molecule has 3 atom stereocenters. The van der Waals surface area contributed by atoms with E-state index in [-0.39, 0.29) is 23.5 Å². The van der Waals surface area contributed by atoms with E-state index in [4.69, 9.17) is 0 Å². The zero-order valence-electron chi connectivity index (χ0n) is 12.8. The van der Waals surface area contributed by atoms with Gasteiger partial charge in [-0.1, -0.05) is 12.1 Å². The third-order valence-corrected chi connectivity index (χ3v) is 4.18. The summed E-state index contributed by atoms with van der Waals surface area (Å²) in [7, 11) is 0. The van der Waals surface area contributed by atoms with Gasteiger partial charge in [-0.05, 0) is 38.5 Å². The van der Waals surface area contributed by atoms with E-state index in [2.05, 4.69) is 0 Å². The van der Waals surface area contributed by atoms with Gasteiger partial charge in [-0.3, -0.25) is 9.59 Å². The van der Waals surface area contributed by atoms with E-state index in [0.29, 0.717) is 5.56 Å². The Morgan fingerprint density at radius 2 is 1.95 bits per heavy atom. The van der Waals surface area contributed by atoms with Gasteiger partial charge in [-0.15, -0.1) is 0 Å². The third kappa shape index (κ3) is 2.81. The first-order chi connectivity index (χ1) is 10.1. The van der Waals surface area contributed by atoms with Gasteiger partial charge in [0.15, 0.2) is 5.78 Å². The van der Waals surface area contributed by atoms with Crippen LogP contribution in [0.1, 0.15) is 38.7 Å². The number of allylic oxidation sites excluding steroid dienone is 1. The topological polar surface area (TPSA) is 74.6 Å². The van der Waals surface area contributed by atoms with Gasteiger partial charge in [-0.25, -0.2) is 4.39 Å². The summed E-state index contributed by atoms with van der Waals surface area (Å²) in [5.41, 5.74) is -1.06. The average molecular weight is 306 g/mol. The summed E-state index contributed by atoms with van der Waals surface area (Å²) in [5.74, 6) is -3.26. The molecule has 22 heavy (non-hydrogen) atoms. The summed E-state index contributed by atoms with van der Waals surface area (Å²) in [6, 6.07) is 5.53. The summed E-state index contributed by atoms with van der Waals surface area (Å²) in [5, 5.41) is 20.7. The fourth-order valence-electron chi connectivity index (χ4n) is 3.40. The Bertz CT molecular complexity index is 660. The monoisotopic (exact) mass is 306 g/mol. The van der Waals surface area contributed by atoms with Crippen molar-refractivity contribution in [3.8, 4) is 0 Å². The van der Waals surface area contributed by atoms with Crippen molar-refractivity contribution in [2.75, 3.05) is 0 Å². The van der Waals surface area contributed by atoms with Crippen molar-refractivity contribution in [1.29, 1.82) is 0 Å². The molecule has 0 heterocycles. The van der Waals surface area contributed by atoms with Crippen molar-refractivity contribution in [3.05, 3.63) is 47.0 Å². The number of Topliss-reactive ketones (excluding diaryl/α,β-unsaturated/α-hetero) is 2. The SMILES string of the molecule is CC(=O)C1=C(O)C[C@](C)(O)[C@@H](C(C)=O)[C@@H]1c1cccc(F)c1. The van der Waals surface area contributed by atoms with Gasteiger partial charge >= 0.3 is 0 Å². The highest BCUT2D eigenvalue weighted by Gasteiger charge is 2.49. The molecule has 0 aliphatic heterocycles. The fraction of sp³-hybridized carbons (Fsp3) is 0.412. The maximum absolute atomic E-state index is 13.6. The Morgan fingerprint density at radius 3 is 2.45 bits per heavy atom. The maximum atomic E-state index is 13.6. The molecule has 1 aliphatic rings. The molecule has 0 radical (unpaired) electrons. The first-order valence-electron chi connectivity index (χ1n) is 7.06. The standard InChI is InChI=1S/C17H19FO4/c1-9(19)14-13(21)8-17(3,22)16(10(2)20)15(14)11-5-4-6-12(18)7-11/h4-7,15-16,21-22H,8H2,1-3H3/t15-,16+,17+/m1/s1. The Kier molecular flexibility index (Phi) is 4.20. The predicted molar refractivity (Wildman–Crippen MR) is 78.9 cm³/mol. The van der Waals surface area contributed by atoms with Gasteiger partial charge in [0, 0.05) is 17.9 Å². The van der Waals surface area contributed by atoms with E-state index in [1.54, 1.807) is 6.07 Å². The molecule has 2 rings (SSSR count). The molecule has 0 amide bonds. The van der Waals surface area contributed by atoms with E-state index in [9.17, 15) is 24.2 Å². The first-order valence-corrected chi connectivity index (χ1v) is 7.06. The van der Waals surface area contributed by atoms with Crippen molar-refractivity contribution in [1.82, 2.24) is 0 Å². The molecule has 0 saturated heterocycles. The Hall–Kier alpha value is -2.01. The van der Waals surface area contributed by atoms with Crippen LogP contribution in [0.5, 0.6) is 0 Å². The van der Waals surface area contributed by atoms with Crippen LogP contribution < -0.4 is 0 Å². The number of aliphatic hydroxyl groups excluding tert-OH is 1. The van der Waals surface area contributed by atoms with E-state index >= 15 is 0 Å². The van der Waals surface area contributed by atoms with Crippen LogP contribution in [0.2, 0.25) is 0 Å². The number of rotatable bonds is 3. The molecular formula is C17H19FO4. The van der Waals surface area contributed by atoms with Gasteiger partial charge in [0.2, 0.25) is 0 Å². The van der Waals surface area contributed by atoms with Crippen LogP contribution in [0, 0.1) is 11.7 Å². The van der Waals surface area contributed by atoms with Crippen LogP contribution in [-0.4, -0.2) is 27.4 Å². The zero-order valence-corrected chi connectivity index (χ0v) is 12.8. The van der Waals surface area contributed by atoms with Crippen molar-refractivity contribution in [3.63, 3.8) is 0 Å². The van der Waals surface area contributed by atoms with Crippen molar-refractivity contribution in [2.24, 2.45) is 5.92 Å². The first kappa shape index (κ1) is 16.4. The molecule has 4 nitrogen and oxygen atoms in total. The largest absolute Gasteiger partial charge is 0.512 e. The summed E-state index contributed by atoms with van der Waals surface area (Å²) in [6.07, 6.45) is -0.183. The van der Waals surface area contributed by atoms with Crippen LogP contribution in [-0.2, 0) is 9.59 Å². The highest BCUT2D eigenvalue weighted by Crippen LogP contribution is 2.47. The minimum atomic E-state index is -1.51. The maximum Gasteiger partial charge on any atom is 0.159 e.